The molecule has 5 amide bonds. The van der Waals surface area contributed by atoms with Gasteiger partial charge in [0.25, 0.3) is 0 Å². The summed E-state index contributed by atoms with van der Waals surface area (Å²) in [6, 6.07) is -5.92. The summed E-state index contributed by atoms with van der Waals surface area (Å²) in [6.07, 6.45) is 2.06. The first-order valence-corrected chi connectivity index (χ1v) is 13.2. The second-order valence-corrected chi connectivity index (χ2v) is 9.77. The van der Waals surface area contributed by atoms with Crippen LogP contribution < -0.4 is 33.2 Å². The molecule has 0 aliphatic carbocycles. The van der Waals surface area contributed by atoms with E-state index >= 15 is 0 Å². The number of carbonyl (C=O) groups excluding carboxylic acids is 5. The number of unbranched alkanes of at least 4 members (excludes halogenated alkanes) is 1. The number of amides is 5. The van der Waals surface area contributed by atoms with Crippen molar-refractivity contribution in [1.29, 1.82) is 0 Å². The molecule has 0 aromatic rings. The van der Waals surface area contributed by atoms with Gasteiger partial charge in [0, 0.05) is 6.54 Å². The van der Waals surface area contributed by atoms with Gasteiger partial charge < -0.3 is 48.3 Å². The maximum Gasteiger partial charge on any atom is 0.326 e. The first-order valence-electron chi connectivity index (χ1n) is 13.2. The van der Waals surface area contributed by atoms with Crippen LogP contribution in [-0.2, 0) is 28.8 Å². The van der Waals surface area contributed by atoms with Gasteiger partial charge in [-0.25, -0.2) is 4.79 Å². The van der Waals surface area contributed by atoms with E-state index in [1.807, 2.05) is 6.92 Å². The number of carboxylic acids is 1. The van der Waals surface area contributed by atoms with Gasteiger partial charge in [-0.2, -0.15) is 0 Å². The lowest BCUT2D eigenvalue weighted by molar-refractivity contribution is -0.144. The number of aliphatic hydroxyl groups is 1. The van der Waals surface area contributed by atoms with Crippen LogP contribution >= 0.6 is 0 Å². The number of rotatable bonds is 17. The van der Waals surface area contributed by atoms with Gasteiger partial charge in [-0.15, -0.1) is 0 Å². The summed E-state index contributed by atoms with van der Waals surface area (Å²) in [5.41, 5.74) is 16.1. The number of hydrogen-bond donors (Lipinski definition) is 8. The maximum absolute atomic E-state index is 13.3. The number of carbonyl (C=O) groups is 6. The first kappa shape index (κ1) is 33.7. The van der Waals surface area contributed by atoms with E-state index in [9.17, 15) is 39.0 Å². The Balaban J connectivity index is 2.97. The zero-order chi connectivity index (χ0) is 29.7. The molecule has 222 valence electrons. The Morgan fingerprint density at radius 1 is 1.03 bits per heavy atom. The van der Waals surface area contributed by atoms with Crippen molar-refractivity contribution in [3.8, 4) is 0 Å². The van der Waals surface area contributed by atoms with Crippen LogP contribution in [0.25, 0.3) is 0 Å². The summed E-state index contributed by atoms with van der Waals surface area (Å²) >= 11 is 0. The molecule has 1 aliphatic rings. The zero-order valence-electron chi connectivity index (χ0n) is 22.6. The van der Waals surface area contributed by atoms with Gasteiger partial charge in [0.2, 0.25) is 29.5 Å². The van der Waals surface area contributed by atoms with Crippen LogP contribution in [0, 0.1) is 5.92 Å². The van der Waals surface area contributed by atoms with Crippen LogP contribution in [0.3, 0.4) is 0 Å². The fraction of sp³-hybridized carbons (Fsp3) is 0.750. The van der Waals surface area contributed by atoms with Crippen LogP contribution in [0.4, 0.5) is 0 Å². The first-order chi connectivity index (χ1) is 18.4. The van der Waals surface area contributed by atoms with Crippen molar-refractivity contribution < 1.29 is 39.0 Å². The molecule has 39 heavy (non-hydrogen) atoms. The van der Waals surface area contributed by atoms with Gasteiger partial charge in [0.05, 0.1) is 19.1 Å². The van der Waals surface area contributed by atoms with Crippen LogP contribution in [0.5, 0.6) is 0 Å². The van der Waals surface area contributed by atoms with Crippen molar-refractivity contribution in [2.24, 2.45) is 23.1 Å². The van der Waals surface area contributed by atoms with Crippen molar-refractivity contribution in [2.45, 2.75) is 89.0 Å². The molecule has 1 rings (SSSR count). The summed E-state index contributed by atoms with van der Waals surface area (Å²) in [4.78, 5) is 75.5. The lowest BCUT2D eigenvalue weighted by Crippen LogP contribution is -2.59. The average Bonchev–Trinajstić information content (AvgIpc) is 3.38. The Bertz CT molecular complexity index is 887. The number of nitrogens with zero attached hydrogens (tertiary/aromatic N) is 1. The van der Waals surface area contributed by atoms with Gasteiger partial charge in [0.15, 0.2) is 0 Å². The number of likely N-dealkylation sites (tertiary alicyclic amines) is 1. The number of nitrogens with two attached hydrogens (primary N) is 3. The van der Waals surface area contributed by atoms with Crippen molar-refractivity contribution in [3.05, 3.63) is 0 Å². The van der Waals surface area contributed by atoms with Crippen LogP contribution in [-0.4, -0.2) is 101 Å². The number of carboxylic acid groups (broad SMARTS) is 1. The average molecular weight is 558 g/mol. The minimum Gasteiger partial charge on any atom is -0.480 e. The summed E-state index contributed by atoms with van der Waals surface area (Å²) in [5.74, 6) is -5.24. The third kappa shape index (κ3) is 10.4. The Hall–Kier alpha value is -3.30. The molecular formula is C24H43N7O8. The number of hydrogen-bond acceptors (Lipinski definition) is 9. The van der Waals surface area contributed by atoms with Gasteiger partial charge in [-0.05, 0) is 44.6 Å². The molecule has 15 nitrogen and oxygen atoms in total. The largest absolute Gasteiger partial charge is 0.480 e. The highest BCUT2D eigenvalue weighted by molar-refractivity contribution is 5.96. The molecule has 15 heteroatoms. The highest BCUT2D eigenvalue weighted by Gasteiger charge is 2.40. The molecule has 1 fully saturated rings. The molecule has 0 saturated carbocycles. The van der Waals surface area contributed by atoms with Crippen LogP contribution in [0.2, 0.25) is 0 Å². The van der Waals surface area contributed by atoms with E-state index in [0.717, 1.165) is 0 Å². The Kier molecular flexibility index (Phi) is 14.4. The number of primary amides is 1. The van der Waals surface area contributed by atoms with Gasteiger partial charge >= 0.3 is 5.97 Å². The third-order valence-corrected chi connectivity index (χ3v) is 6.75. The highest BCUT2D eigenvalue weighted by Crippen LogP contribution is 2.20. The molecule has 0 bridgehead atoms. The standard InChI is InChI=1S/C24H43N7O8/c1-3-13(2)19(22(36)28-15(24(38)39)7-4-5-9-25)30-21(35)17-8-6-10-31(17)23(37)16(12-32)29-20(34)14(26)11-18(27)33/h13-17,19,32H,3-12,25-26H2,1-2H3,(H2,27,33)(H,28,36)(H,29,34)(H,30,35)(H,38,39)/t13-,14-,15-,16-,17-,19-/m0/s1. The molecular weight excluding hydrogens is 514 g/mol. The Morgan fingerprint density at radius 2 is 1.67 bits per heavy atom. The van der Waals surface area contributed by atoms with E-state index in [1.54, 1.807) is 6.92 Å². The number of nitrogens with one attached hydrogen (secondary N) is 3. The lowest BCUT2D eigenvalue weighted by atomic mass is 9.97. The van der Waals surface area contributed by atoms with Gasteiger partial charge in [-0.1, -0.05) is 20.3 Å². The van der Waals surface area contributed by atoms with E-state index in [1.165, 1.54) is 4.90 Å². The van der Waals surface area contributed by atoms with E-state index in [0.29, 0.717) is 32.2 Å². The second kappa shape index (κ2) is 16.6. The van der Waals surface area contributed by atoms with Crippen LogP contribution in [0.1, 0.15) is 58.8 Å². The topological polar surface area (TPSA) is 260 Å². The Morgan fingerprint density at radius 3 is 2.21 bits per heavy atom. The zero-order valence-corrected chi connectivity index (χ0v) is 22.6. The minimum absolute atomic E-state index is 0.166. The summed E-state index contributed by atoms with van der Waals surface area (Å²) < 4.78 is 0. The van der Waals surface area contributed by atoms with E-state index in [4.69, 9.17) is 17.2 Å². The molecule has 0 radical (unpaired) electrons. The SMILES string of the molecule is CC[C@H](C)[C@H](NC(=O)[C@@H]1CCCN1C(=O)[C@H](CO)NC(=O)[C@@H](N)CC(N)=O)C(=O)N[C@@H](CCCCN)C(=O)O. The minimum atomic E-state index is -1.41. The molecule has 0 unspecified atom stereocenters. The quantitative estimate of drug-likeness (QED) is 0.0834. The normalized spacial score (nSPS) is 18.8. The molecule has 1 aliphatic heterocycles. The number of aliphatic carboxylic acids is 1. The maximum atomic E-state index is 13.3. The second-order valence-electron chi connectivity index (χ2n) is 9.77. The van der Waals surface area contributed by atoms with Crippen LogP contribution in [0.15, 0.2) is 0 Å². The molecule has 1 saturated heterocycles. The molecule has 0 spiro atoms. The highest BCUT2D eigenvalue weighted by atomic mass is 16.4. The fourth-order valence-electron chi connectivity index (χ4n) is 4.24. The predicted molar refractivity (Wildman–Crippen MR) is 139 cm³/mol. The number of aliphatic hydroxyl groups excluding tert-OH is 1. The summed E-state index contributed by atoms with van der Waals surface area (Å²) in [6.45, 7) is 3.33. The van der Waals surface area contributed by atoms with Crippen molar-refractivity contribution in [1.82, 2.24) is 20.9 Å². The molecule has 0 aromatic carbocycles. The van der Waals surface area contributed by atoms with Gasteiger partial charge in [-0.3, -0.25) is 24.0 Å². The predicted octanol–water partition coefficient (Wildman–Crippen LogP) is -3.11. The molecule has 6 atom stereocenters. The third-order valence-electron chi connectivity index (χ3n) is 6.75. The van der Waals surface area contributed by atoms with E-state index in [2.05, 4.69) is 16.0 Å². The van der Waals surface area contributed by atoms with Crippen molar-refractivity contribution in [2.75, 3.05) is 19.7 Å². The lowest BCUT2D eigenvalue weighted by Gasteiger charge is -2.31. The summed E-state index contributed by atoms with van der Waals surface area (Å²) in [7, 11) is 0. The van der Waals surface area contributed by atoms with Crippen molar-refractivity contribution in [3.63, 3.8) is 0 Å². The molecule has 0 aromatic heterocycles. The van der Waals surface area contributed by atoms with Crippen molar-refractivity contribution >= 4 is 35.5 Å². The van der Waals surface area contributed by atoms with E-state index < -0.39 is 78.7 Å². The monoisotopic (exact) mass is 557 g/mol. The Labute approximate surface area is 227 Å². The van der Waals surface area contributed by atoms with Gasteiger partial charge in [0.1, 0.15) is 24.2 Å². The van der Waals surface area contributed by atoms with E-state index in [-0.39, 0.29) is 25.3 Å². The fourth-order valence-corrected chi connectivity index (χ4v) is 4.24. The summed E-state index contributed by atoms with van der Waals surface area (Å²) in [5, 5.41) is 26.7. The molecule has 11 N–H and O–H groups in total. The smallest absolute Gasteiger partial charge is 0.326 e. The molecule has 1 heterocycles.